The smallest absolute Gasteiger partial charge is 0.315 e. The fourth-order valence-electron chi connectivity index (χ4n) is 9.26. The Morgan fingerprint density at radius 2 is 1.17 bits per heavy atom. The van der Waals surface area contributed by atoms with Crippen molar-refractivity contribution in [3.05, 3.63) is 60.9 Å². The Kier molecular flexibility index (Phi) is 32.3. The highest BCUT2D eigenvalue weighted by atomic mass is 32.2. The van der Waals surface area contributed by atoms with Crippen LogP contribution in [0.3, 0.4) is 0 Å². The zero-order valence-electron chi connectivity index (χ0n) is 48.5. The third-order valence-electron chi connectivity index (χ3n) is 13.7. The van der Waals surface area contributed by atoms with Crippen LogP contribution in [0, 0.1) is 0 Å². The first-order valence-electron chi connectivity index (χ1n) is 29.5. The van der Waals surface area contributed by atoms with Crippen LogP contribution in [0.25, 0.3) is 16.8 Å². The zero-order valence-corrected chi connectivity index (χ0v) is 49.3. The van der Waals surface area contributed by atoms with Gasteiger partial charge in [-0.1, -0.05) is 18.6 Å². The van der Waals surface area contributed by atoms with Crippen LogP contribution in [0.2, 0.25) is 0 Å². The molecule has 3 fully saturated rings. The second kappa shape index (κ2) is 40.9. The van der Waals surface area contributed by atoms with Crippen molar-refractivity contribution in [3.63, 3.8) is 0 Å². The lowest BCUT2D eigenvalue weighted by Crippen LogP contribution is -2.49. The number of urea groups is 1. The highest BCUT2D eigenvalue weighted by Gasteiger charge is 2.42. The number of hydrogen-bond donors (Lipinski definition) is 4. The molecule has 0 saturated carbocycles. The molecule has 3 atom stereocenters. The van der Waals surface area contributed by atoms with Gasteiger partial charge in [-0.15, -0.1) is 10.2 Å². The van der Waals surface area contributed by atoms with Gasteiger partial charge in [0.25, 0.3) is 0 Å². The van der Waals surface area contributed by atoms with E-state index in [4.69, 9.17) is 61.3 Å². The summed E-state index contributed by atoms with van der Waals surface area (Å²) in [5, 5.41) is 21.0. The summed E-state index contributed by atoms with van der Waals surface area (Å²) in [6.45, 7) is 14.8. The molecule has 0 unspecified atom stereocenters. The molecule has 3 aliphatic rings. The molecule has 0 radical (unpaired) electrons. The van der Waals surface area contributed by atoms with E-state index in [9.17, 15) is 14.4 Å². The summed E-state index contributed by atoms with van der Waals surface area (Å²) in [5.41, 5.74) is 3.67. The quantitative estimate of drug-likeness (QED) is 0.0365. The summed E-state index contributed by atoms with van der Waals surface area (Å²) in [7, 11) is 0. The summed E-state index contributed by atoms with van der Waals surface area (Å²) >= 11 is 1.90. The average Bonchev–Trinajstić information content (AvgIpc) is 4.08. The molecule has 4 aromatic rings. The molecule has 27 heteroatoms. The Balaban J connectivity index is 0.528. The van der Waals surface area contributed by atoms with Crippen molar-refractivity contribution < 1.29 is 75.6 Å². The fraction of sp³-hybridized carbons (Fsp3) is 0.684. The predicted molar refractivity (Wildman–Crippen MR) is 312 cm³/mol. The normalized spacial score (nSPS) is 16.8. The van der Waals surface area contributed by atoms with Gasteiger partial charge in [0.1, 0.15) is 12.1 Å². The molecular weight excluding hydrogens is 1110 g/mol. The third kappa shape index (κ3) is 25.4. The van der Waals surface area contributed by atoms with Gasteiger partial charge in [-0.25, -0.2) is 9.78 Å². The standard InChI is InChI=1S/C57H88N10O16S/c68-52(6-2-1-5-51-54-50(44-84-51)62-57(70)63-54)58-12-19-72-21-23-74-25-27-76-29-31-78-33-35-80-37-39-82-41-40-81-38-36-79-34-32-77-30-28-75-26-24-73-22-20-71-18-11-53(69)66-15-13-65(14-16-66)47-9-7-46(8-10-47)49-43-60-56(67-45-61-64-55(49)67)59-42-48-4-3-17-83-48/h3-4,7-10,17,43,45,50-51,54H,1-2,5-6,11-16,18-42,44H2,(H,58,68)(H,59,60)(H2,62,63,70)/t50-,51-,54-/m0/s1. The van der Waals surface area contributed by atoms with Gasteiger partial charge < -0.3 is 92.3 Å². The number of piperazine rings is 1. The van der Waals surface area contributed by atoms with Gasteiger partial charge in [-0.05, 0) is 42.7 Å². The number of nitrogens with one attached hydrogen (secondary N) is 4. The van der Waals surface area contributed by atoms with Crippen molar-refractivity contribution in [2.45, 2.75) is 56.0 Å². The summed E-state index contributed by atoms with van der Waals surface area (Å²) in [6.07, 6.45) is 8.74. The summed E-state index contributed by atoms with van der Waals surface area (Å²) < 4.78 is 73.9. The number of thioether (sulfide) groups is 1. The fourth-order valence-corrected chi connectivity index (χ4v) is 10.8. The van der Waals surface area contributed by atoms with Gasteiger partial charge in [0.2, 0.25) is 17.8 Å². The molecule has 6 heterocycles. The number of anilines is 2. The summed E-state index contributed by atoms with van der Waals surface area (Å²) in [4.78, 5) is 45.3. The minimum absolute atomic E-state index is 0.0373. The number of ether oxygens (including phenoxy) is 12. The van der Waals surface area contributed by atoms with E-state index in [1.54, 1.807) is 18.8 Å². The number of aromatic nitrogens is 4. The Morgan fingerprint density at radius 1 is 0.631 bits per heavy atom. The van der Waals surface area contributed by atoms with Crippen LogP contribution in [0.4, 0.5) is 16.4 Å². The van der Waals surface area contributed by atoms with E-state index in [1.807, 2.05) is 33.2 Å². The number of fused-ring (bicyclic) bond motifs is 2. The maximum absolute atomic E-state index is 12.9. The van der Waals surface area contributed by atoms with Gasteiger partial charge in [-0.3, -0.25) is 14.0 Å². The molecule has 4 amide bonds. The van der Waals surface area contributed by atoms with E-state index >= 15 is 0 Å². The van der Waals surface area contributed by atoms with Crippen LogP contribution in [-0.2, 0) is 73.0 Å². The molecule has 3 aliphatic heterocycles. The largest absolute Gasteiger partial charge is 0.467 e. The molecule has 26 nitrogen and oxygen atoms in total. The van der Waals surface area contributed by atoms with Crippen LogP contribution in [0.5, 0.6) is 0 Å². The van der Waals surface area contributed by atoms with E-state index < -0.39 is 0 Å². The highest BCUT2D eigenvalue weighted by molar-refractivity contribution is 8.00. The van der Waals surface area contributed by atoms with E-state index in [2.05, 4.69) is 65.6 Å². The summed E-state index contributed by atoms with van der Waals surface area (Å²) in [5.74, 6) is 2.52. The van der Waals surface area contributed by atoms with Crippen molar-refractivity contribution in [2.24, 2.45) is 0 Å². The minimum Gasteiger partial charge on any atom is -0.467 e. The Hall–Kier alpha value is -5.27. The number of rotatable bonds is 49. The molecule has 0 spiro atoms. The second-order valence-corrected chi connectivity index (χ2v) is 21.0. The van der Waals surface area contributed by atoms with E-state index in [0.717, 1.165) is 60.7 Å². The Labute approximate surface area is 496 Å². The van der Waals surface area contributed by atoms with Gasteiger partial charge in [-0.2, -0.15) is 11.8 Å². The van der Waals surface area contributed by atoms with Crippen molar-refractivity contribution in [1.82, 2.24) is 40.4 Å². The number of carbonyl (C=O) groups excluding carboxylic acids is 3. The first kappa shape index (κ1) is 66.3. The van der Waals surface area contributed by atoms with Crippen LogP contribution in [-0.4, -0.2) is 257 Å². The summed E-state index contributed by atoms with van der Waals surface area (Å²) in [6, 6.07) is 12.5. The van der Waals surface area contributed by atoms with Gasteiger partial charge >= 0.3 is 6.03 Å². The lowest BCUT2D eigenvalue weighted by molar-refractivity contribution is -0.132. The number of nitrogens with zero attached hydrogens (tertiary/aromatic N) is 6. The SMILES string of the molecule is O=C(CCCC[C@@H]1SC[C@@H]2NC(=O)N[C@@H]21)NCCOCCOCCOCCOCCOCCOCCOCCOCCOCCOCCOCCOCCC(=O)N1CCN(c2ccc(-c3cnc(NCc4ccco4)n4cnnc34)cc2)CC1. The van der Waals surface area contributed by atoms with Crippen LogP contribution < -0.4 is 26.2 Å². The van der Waals surface area contributed by atoms with E-state index in [1.165, 1.54) is 0 Å². The molecule has 1 aromatic carbocycles. The number of carbonyl (C=O) groups is 3. The van der Waals surface area contributed by atoms with Crippen LogP contribution >= 0.6 is 11.8 Å². The van der Waals surface area contributed by atoms with Crippen LogP contribution in [0.1, 0.15) is 37.9 Å². The molecule has 468 valence electrons. The molecule has 0 bridgehead atoms. The number of benzene rings is 1. The number of unbranched alkanes of at least 4 members (excludes halogenated alkanes) is 1. The highest BCUT2D eigenvalue weighted by Crippen LogP contribution is 2.33. The maximum atomic E-state index is 12.9. The molecule has 4 N–H and O–H groups in total. The average molecular weight is 1200 g/mol. The van der Waals surface area contributed by atoms with Crippen molar-refractivity contribution in [3.8, 4) is 11.1 Å². The Morgan fingerprint density at radius 3 is 1.70 bits per heavy atom. The van der Waals surface area contributed by atoms with E-state index in [-0.39, 0.29) is 29.9 Å². The van der Waals surface area contributed by atoms with Gasteiger partial charge in [0, 0.05) is 67.6 Å². The van der Waals surface area contributed by atoms with Gasteiger partial charge in [0.15, 0.2) is 5.65 Å². The first-order chi connectivity index (χ1) is 41.5. The lowest BCUT2D eigenvalue weighted by atomic mass is 10.0. The molecule has 3 aromatic heterocycles. The lowest BCUT2D eigenvalue weighted by Gasteiger charge is -2.36. The first-order valence-corrected chi connectivity index (χ1v) is 30.5. The zero-order chi connectivity index (χ0) is 58.3. The van der Waals surface area contributed by atoms with Crippen molar-refractivity contribution in [1.29, 1.82) is 0 Å². The topological polar surface area (TPSA) is 273 Å². The third-order valence-corrected chi connectivity index (χ3v) is 15.2. The number of amides is 4. The predicted octanol–water partition coefficient (Wildman–Crippen LogP) is 3.08. The van der Waals surface area contributed by atoms with E-state index in [0.29, 0.717) is 214 Å². The minimum atomic E-state index is -0.0650. The second-order valence-electron chi connectivity index (χ2n) is 19.7. The molecule has 3 saturated heterocycles. The van der Waals surface area contributed by atoms with Crippen molar-refractivity contribution >= 4 is 46.9 Å². The molecule has 84 heavy (non-hydrogen) atoms. The number of hydrogen-bond acceptors (Lipinski definition) is 22. The molecule has 0 aliphatic carbocycles. The monoisotopic (exact) mass is 1200 g/mol. The molecule has 7 rings (SSSR count). The van der Waals surface area contributed by atoms with Crippen LogP contribution in [0.15, 0.2) is 59.6 Å². The van der Waals surface area contributed by atoms with Gasteiger partial charge in [0.05, 0.1) is 190 Å². The molecular formula is C57H88N10O16S. The maximum Gasteiger partial charge on any atom is 0.315 e. The Bertz CT molecular complexity index is 2390. The van der Waals surface area contributed by atoms with Crippen molar-refractivity contribution in [2.75, 3.05) is 207 Å². The number of furan rings is 1.